The number of esters is 1. The van der Waals surface area contributed by atoms with Gasteiger partial charge in [0, 0.05) is 6.42 Å². The molecule has 86 valence electrons. The molecule has 0 aromatic heterocycles. The van der Waals surface area contributed by atoms with Gasteiger partial charge in [-0.15, -0.1) is 0 Å². The Bertz CT molecular complexity index is 243. The van der Waals surface area contributed by atoms with Gasteiger partial charge in [-0.1, -0.05) is 32.1 Å². The van der Waals surface area contributed by atoms with E-state index in [9.17, 15) is 9.90 Å². The van der Waals surface area contributed by atoms with Crippen LogP contribution in [0.25, 0.3) is 0 Å². The molecule has 0 rings (SSSR count). The van der Waals surface area contributed by atoms with E-state index in [0.29, 0.717) is 12.2 Å². The molecule has 0 fully saturated rings. The third kappa shape index (κ3) is 6.07. The lowest BCUT2D eigenvalue weighted by Gasteiger charge is -2.11. The summed E-state index contributed by atoms with van der Waals surface area (Å²) in [5.74, 6) is -0.578. The first-order valence-electron chi connectivity index (χ1n) is 5.17. The number of hydrogen-bond donors (Lipinski definition) is 1. The van der Waals surface area contributed by atoms with Crippen LogP contribution in [0.2, 0.25) is 0 Å². The molecule has 0 unspecified atom stereocenters. The Balaban J connectivity index is 3.88. The molecule has 0 aliphatic heterocycles. The van der Waals surface area contributed by atoms with Crippen molar-refractivity contribution in [2.75, 3.05) is 6.61 Å². The molecule has 0 saturated heterocycles. The van der Waals surface area contributed by atoms with Crippen molar-refractivity contribution in [3.63, 3.8) is 0 Å². The standard InChI is InChI=1S/C12H20O3/c1-5-6-7-15-12(14)11(13)8-10(4)9(2)3/h11,13H,2,4-8H2,1,3H3/t11-/m1/s1. The predicted molar refractivity (Wildman–Crippen MR) is 60.4 cm³/mol. The fraction of sp³-hybridized carbons (Fsp3) is 0.583. The minimum atomic E-state index is -1.12. The number of rotatable bonds is 7. The summed E-state index contributed by atoms with van der Waals surface area (Å²) in [7, 11) is 0. The monoisotopic (exact) mass is 212 g/mol. The fourth-order valence-electron chi connectivity index (χ4n) is 0.904. The summed E-state index contributed by atoms with van der Waals surface area (Å²) in [6.45, 7) is 11.5. The molecule has 0 aliphatic rings. The Morgan fingerprint density at radius 1 is 1.47 bits per heavy atom. The van der Waals surface area contributed by atoms with E-state index < -0.39 is 12.1 Å². The summed E-state index contributed by atoms with van der Waals surface area (Å²) >= 11 is 0. The van der Waals surface area contributed by atoms with Gasteiger partial charge in [-0.25, -0.2) is 4.79 Å². The minimum Gasteiger partial charge on any atom is -0.464 e. The average molecular weight is 212 g/mol. The van der Waals surface area contributed by atoms with Crippen LogP contribution < -0.4 is 0 Å². The highest BCUT2D eigenvalue weighted by Gasteiger charge is 2.17. The second-order valence-corrected chi connectivity index (χ2v) is 3.62. The minimum absolute atomic E-state index is 0.195. The topological polar surface area (TPSA) is 46.5 Å². The molecule has 15 heavy (non-hydrogen) atoms. The normalized spacial score (nSPS) is 11.9. The number of carbonyl (C=O) groups excluding carboxylic acids is 1. The van der Waals surface area contributed by atoms with Gasteiger partial charge in [-0.2, -0.15) is 0 Å². The van der Waals surface area contributed by atoms with Gasteiger partial charge in [-0.3, -0.25) is 0 Å². The van der Waals surface area contributed by atoms with Crippen molar-refractivity contribution in [3.05, 3.63) is 24.3 Å². The maximum Gasteiger partial charge on any atom is 0.335 e. The van der Waals surface area contributed by atoms with E-state index in [0.717, 1.165) is 18.4 Å². The average Bonchev–Trinajstić information content (AvgIpc) is 2.17. The van der Waals surface area contributed by atoms with Crippen molar-refractivity contribution in [3.8, 4) is 0 Å². The lowest BCUT2D eigenvalue weighted by molar-refractivity contribution is -0.153. The van der Waals surface area contributed by atoms with Gasteiger partial charge in [0.1, 0.15) is 0 Å². The van der Waals surface area contributed by atoms with Gasteiger partial charge in [0.15, 0.2) is 6.10 Å². The van der Waals surface area contributed by atoms with Gasteiger partial charge in [0.05, 0.1) is 6.61 Å². The van der Waals surface area contributed by atoms with Crippen molar-refractivity contribution < 1.29 is 14.6 Å². The van der Waals surface area contributed by atoms with Crippen LogP contribution in [0.4, 0.5) is 0 Å². The van der Waals surface area contributed by atoms with E-state index in [1.165, 1.54) is 0 Å². The first-order chi connectivity index (χ1) is 6.99. The number of aliphatic hydroxyl groups is 1. The lowest BCUT2D eigenvalue weighted by atomic mass is 10.0. The number of carbonyl (C=O) groups is 1. The number of allylic oxidation sites excluding steroid dienone is 1. The number of aliphatic hydroxyl groups excluding tert-OH is 1. The molecule has 3 heteroatoms. The molecule has 0 heterocycles. The smallest absolute Gasteiger partial charge is 0.335 e. The molecule has 0 aliphatic carbocycles. The first-order valence-corrected chi connectivity index (χ1v) is 5.17. The van der Waals surface area contributed by atoms with Crippen molar-refractivity contribution >= 4 is 5.97 Å². The Kier molecular flexibility index (Phi) is 6.71. The molecule has 0 amide bonds. The summed E-state index contributed by atoms with van der Waals surface area (Å²) in [5.41, 5.74) is 1.45. The molecule has 0 bridgehead atoms. The van der Waals surface area contributed by atoms with Crippen LogP contribution in [0.15, 0.2) is 24.3 Å². The Morgan fingerprint density at radius 2 is 2.07 bits per heavy atom. The third-order valence-electron chi connectivity index (χ3n) is 2.06. The molecule has 1 atom stereocenters. The Morgan fingerprint density at radius 3 is 2.53 bits per heavy atom. The molecule has 0 spiro atoms. The van der Waals surface area contributed by atoms with E-state index in [4.69, 9.17) is 4.74 Å². The zero-order chi connectivity index (χ0) is 11.8. The van der Waals surface area contributed by atoms with Crippen molar-refractivity contribution in [2.24, 2.45) is 0 Å². The van der Waals surface area contributed by atoms with E-state index in [1.807, 2.05) is 6.92 Å². The highest BCUT2D eigenvalue weighted by molar-refractivity contribution is 5.74. The SMILES string of the molecule is C=C(C)C(=C)C[C@@H](O)C(=O)OCCCC. The fourth-order valence-corrected chi connectivity index (χ4v) is 0.904. The Hall–Kier alpha value is -1.09. The highest BCUT2D eigenvalue weighted by atomic mass is 16.5. The highest BCUT2D eigenvalue weighted by Crippen LogP contribution is 2.12. The molecular formula is C12H20O3. The number of hydrogen-bond acceptors (Lipinski definition) is 3. The summed E-state index contributed by atoms with van der Waals surface area (Å²) in [4.78, 5) is 11.2. The predicted octanol–water partition coefficient (Wildman–Crippen LogP) is 2.21. The van der Waals surface area contributed by atoms with Crippen LogP contribution >= 0.6 is 0 Å². The zero-order valence-electron chi connectivity index (χ0n) is 9.58. The van der Waals surface area contributed by atoms with Crippen LogP contribution in [0.1, 0.15) is 33.1 Å². The quantitative estimate of drug-likeness (QED) is 0.400. The van der Waals surface area contributed by atoms with Gasteiger partial charge >= 0.3 is 5.97 Å². The molecule has 0 aromatic carbocycles. The first kappa shape index (κ1) is 13.9. The number of unbranched alkanes of at least 4 members (excludes halogenated alkanes) is 1. The van der Waals surface area contributed by atoms with E-state index in [2.05, 4.69) is 13.2 Å². The maximum absolute atomic E-state index is 11.2. The molecule has 0 saturated carbocycles. The Labute approximate surface area is 91.4 Å². The number of ether oxygens (including phenoxy) is 1. The molecule has 3 nitrogen and oxygen atoms in total. The summed E-state index contributed by atoms with van der Waals surface area (Å²) in [5, 5.41) is 9.46. The van der Waals surface area contributed by atoms with E-state index in [-0.39, 0.29) is 6.42 Å². The van der Waals surface area contributed by atoms with Crippen molar-refractivity contribution in [1.29, 1.82) is 0 Å². The van der Waals surface area contributed by atoms with E-state index >= 15 is 0 Å². The van der Waals surface area contributed by atoms with Gasteiger partial charge < -0.3 is 9.84 Å². The third-order valence-corrected chi connectivity index (χ3v) is 2.06. The molecule has 0 radical (unpaired) electrons. The second-order valence-electron chi connectivity index (χ2n) is 3.62. The van der Waals surface area contributed by atoms with Crippen LogP contribution in [-0.4, -0.2) is 23.8 Å². The second kappa shape index (κ2) is 7.23. The van der Waals surface area contributed by atoms with Crippen LogP contribution in [0, 0.1) is 0 Å². The molecular weight excluding hydrogens is 192 g/mol. The summed E-state index contributed by atoms with van der Waals surface area (Å²) in [6.07, 6.45) is 0.855. The van der Waals surface area contributed by atoms with Crippen LogP contribution in [0.3, 0.4) is 0 Å². The van der Waals surface area contributed by atoms with Gasteiger partial charge in [0.25, 0.3) is 0 Å². The maximum atomic E-state index is 11.2. The zero-order valence-corrected chi connectivity index (χ0v) is 9.58. The van der Waals surface area contributed by atoms with Gasteiger partial charge in [0.2, 0.25) is 0 Å². The molecule has 1 N–H and O–H groups in total. The largest absolute Gasteiger partial charge is 0.464 e. The summed E-state index contributed by atoms with van der Waals surface area (Å²) in [6, 6.07) is 0. The summed E-state index contributed by atoms with van der Waals surface area (Å²) < 4.78 is 4.87. The lowest BCUT2D eigenvalue weighted by Crippen LogP contribution is -2.24. The van der Waals surface area contributed by atoms with Crippen molar-refractivity contribution in [1.82, 2.24) is 0 Å². The van der Waals surface area contributed by atoms with Crippen molar-refractivity contribution in [2.45, 2.75) is 39.2 Å². The van der Waals surface area contributed by atoms with Crippen LogP contribution in [-0.2, 0) is 9.53 Å². The van der Waals surface area contributed by atoms with Crippen LogP contribution in [0.5, 0.6) is 0 Å². The van der Waals surface area contributed by atoms with E-state index in [1.54, 1.807) is 6.92 Å². The molecule has 0 aromatic rings. The van der Waals surface area contributed by atoms with Gasteiger partial charge in [-0.05, 0) is 18.9 Å².